The molecular formula is C19H14Cl2FN3O3S. The number of hydrogen-bond donors (Lipinski definition) is 3. The smallest absolute Gasteiger partial charge is 0.308 e. The molecule has 0 bridgehead atoms. The Morgan fingerprint density at radius 1 is 0.828 bits per heavy atom. The first-order chi connectivity index (χ1) is 13.7. The lowest BCUT2D eigenvalue weighted by Gasteiger charge is -2.14. The first kappa shape index (κ1) is 20.9. The molecule has 2 amide bonds. The fourth-order valence-corrected chi connectivity index (χ4v) is 3.73. The molecule has 29 heavy (non-hydrogen) atoms. The van der Waals surface area contributed by atoms with Crippen LogP contribution in [0.5, 0.6) is 0 Å². The summed E-state index contributed by atoms with van der Waals surface area (Å²) >= 11 is 11.8. The fraction of sp³-hybridized carbons (Fsp3) is 0. The Morgan fingerprint density at radius 2 is 1.48 bits per heavy atom. The molecule has 0 atom stereocenters. The topological polar surface area (TPSA) is 87.3 Å². The van der Waals surface area contributed by atoms with Gasteiger partial charge in [-0.3, -0.25) is 4.72 Å². The van der Waals surface area contributed by atoms with Crippen molar-refractivity contribution in [3.63, 3.8) is 0 Å². The van der Waals surface area contributed by atoms with Crippen LogP contribution in [0.15, 0.2) is 71.6 Å². The van der Waals surface area contributed by atoms with Crippen LogP contribution in [0.4, 0.5) is 26.2 Å². The van der Waals surface area contributed by atoms with E-state index in [1.54, 1.807) is 18.2 Å². The van der Waals surface area contributed by atoms with Gasteiger partial charge in [-0.25, -0.2) is 17.6 Å². The van der Waals surface area contributed by atoms with E-state index in [1.165, 1.54) is 24.3 Å². The summed E-state index contributed by atoms with van der Waals surface area (Å²) in [6.45, 7) is 0. The van der Waals surface area contributed by atoms with Gasteiger partial charge in [0.2, 0.25) is 0 Å². The van der Waals surface area contributed by atoms with Crippen molar-refractivity contribution in [1.82, 2.24) is 0 Å². The number of sulfonamides is 1. The number of carbonyl (C=O) groups is 1. The highest BCUT2D eigenvalue weighted by molar-refractivity contribution is 7.92. The maximum absolute atomic E-state index is 13.1. The number of rotatable bonds is 5. The third-order valence-corrected chi connectivity index (χ3v) is 5.84. The molecule has 0 saturated heterocycles. The lowest BCUT2D eigenvalue weighted by atomic mass is 10.3. The first-order valence-electron chi connectivity index (χ1n) is 8.15. The first-order valence-corrected chi connectivity index (χ1v) is 10.4. The van der Waals surface area contributed by atoms with E-state index in [0.29, 0.717) is 10.7 Å². The van der Waals surface area contributed by atoms with Crippen molar-refractivity contribution in [2.75, 3.05) is 15.4 Å². The molecular weight excluding hydrogens is 440 g/mol. The van der Waals surface area contributed by atoms with Crippen LogP contribution in [-0.4, -0.2) is 14.4 Å². The van der Waals surface area contributed by atoms with Gasteiger partial charge in [-0.15, -0.1) is 0 Å². The second kappa shape index (κ2) is 8.69. The molecule has 0 aliphatic rings. The second-order valence-corrected chi connectivity index (χ2v) is 8.31. The van der Waals surface area contributed by atoms with E-state index in [2.05, 4.69) is 15.4 Å². The predicted octanol–water partition coefficient (Wildman–Crippen LogP) is 5.58. The zero-order chi connectivity index (χ0) is 21.0. The van der Waals surface area contributed by atoms with Gasteiger partial charge in [0, 0.05) is 5.69 Å². The molecule has 0 aromatic heterocycles. The molecule has 0 spiro atoms. The van der Waals surface area contributed by atoms with E-state index >= 15 is 0 Å². The molecule has 0 saturated carbocycles. The second-order valence-electron chi connectivity index (χ2n) is 5.81. The standard InChI is InChI=1S/C19H14Cl2FN3O3S/c20-15-10-7-13(11-16(15)21)23-19(26)24-17-3-1-2-4-18(17)25-29(27,28)14-8-5-12(22)6-9-14/h1-11,25H,(H2,23,24,26). The van der Waals surface area contributed by atoms with Gasteiger partial charge < -0.3 is 10.6 Å². The molecule has 0 radical (unpaired) electrons. The molecule has 0 heterocycles. The number of hydrogen-bond acceptors (Lipinski definition) is 3. The number of halogens is 3. The minimum atomic E-state index is -3.98. The maximum atomic E-state index is 13.1. The van der Waals surface area contributed by atoms with Gasteiger partial charge >= 0.3 is 6.03 Å². The van der Waals surface area contributed by atoms with E-state index < -0.39 is 21.9 Å². The summed E-state index contributed by atoms with van der Waals surface area (Å²) in [5, 5.41) is 5.76. The van der Waals surface area contributed by atoms with Crippen molar-refractivity contribution in [3.05, 3.63) is 82.6 Å². The van der Waals surface area contributed by atoms with Gasteiger partial charge in [0.05, 0.1) is 26.3 Å². The molecule has 0 unspecified atom stereocenters. The number of nitrogens with one attached hydrogen (secondary N) is 3. The number of benzene rings is 3. The van der Waals surface area contributed by atoms with Crippen LogP contribution in [0.1, 0.15) is 0 Å². The van der Waals surface area contributed by atoms with Crippen LogP contribution in [-0.2, 0) is 10.0 Å². The summed E-state index contributed by atoms with van der Waals surface area (Å²) in [5.41, 5.74) is 0.762. The van der Waals surface area contributed by atoms with E-state index in [9.17, 15) is 17.6 Å². The minimum Gasteiger partial charge on any atom is -0.308 e. The number of para-hydroxylation sites is 2. The zero-order valence-electron chi connectivity index (χ0n) is 14.6. The highest BCUT2D eigenvalue weighted by atomic mass is 35.5. The van der Waals surface area contributed by atoms with Crippen molar-refractivity contribution >= 4 is 56.3 Å². The molecule has 0 fully saturated rings. The molecule has 0 aliphatic carbocycles. The van der Waals surface area contributed by atoms with Crippen LogP contribution in [0.2, 0.25) is 10.0 Å². The summed E-state index contributed by atoms with van der Waals surface area (Å²) < 4.78 is 40.5. The van der Waals surface area contributed by atoms with E-state index in [0.717, 1.165) is 24.3 Å². The fourth-order valence-electron chi connectivity index (χ4n) is 2.36. The van der Waals surface area contributed by atoms with Crippen molar-refractivity contribution in [3.8, 4) is 0 Å². The van der Waals surface area contributed by atoms with Crippen LogP contribution >= 0.6 is 23.2 Å². The maximum Gasteiger partial charge on any atom is 0.323 e. The minimum absolute atomic E-state index is 0.117. The highest BCUT2D eigenvalue weighted by Crippen LogP contribution is 2.27. The van der Waals surface area contributed by atoms with Crippen LogP contribution < -0.4 is 15.4 Å². The summed E-state index contributed by atoms with van der Waals surface area (Å²) in [5.74, 6) is -0.551. The quantitative estimate of drug-likeness (QED) is 0.471. The number of urea groups is 1. The van der Waals surface area contributed by atoms with Gasteiger partial charge in [-0.2, -0.15) is 0 Å². The van der Waals surface area contributed by atoms with Crippen LogP contribution in [0.3, 0.4) is 0 Å². The summed E-state index contributed by atoms with van der Waals surface area (Å²) in [6.07, 6.45) is 0. The van der Waals surface area contributed by atoms with Gasteiger partial charge in [-0.1, -0.05) is 35.3 Å². The van der Waals surface area contributed by atoms with Crippen LogP contribution in [0, 0.1) is 5.82 Å². The Kier molecular flexibility index (Phi) is 6.26. The van der Waals surface area contributed by atoms with Crippen LogP contribution in [0.25, 0.3) is 0 Å². The van der Waals surface area contributed by atoms with Crippen molar-refractivity contribution in [2.45, 2.75) is 4.90 Å². The van der Waals surface area contributed by atoms with Crippen molar-refractivity contribution < 1.29 is 17.6 Å². The Balaban J connectivity index is 1.77. The largest absolute Gasteiger partial charge is 0.323 e. The van der Waals surface area contributed by atoms with Gasteiger partial charge in [-0.05, 0) is 54.6 Å². The molecule has 3 N–H and O–H groups in total. The molecule has 10 heteroatoms. The predicted molar refractivity (Wildman–Crippen MR) is 113 cm³/mol. The monoisotopic (exact) mass is 453 g/mol. The van der Waals surface area contributed by atoms with Gasteiger partial charge in [0.15, 0.2) is 0 Å². The van der Waals surface area contributed by atoms with E-state index in [-0.39, 0.29) is 21.3 Å². The Labute approximate surface area is 176 Å². The molecule has 0 aliphatic heterocycles. The number of anilines is 3. The Bertz CT molecular complexity index is 1160. The Morgan fingerprint density at radius 3 is 2.14 bits per heavy atom. The average Bonchev–Trinajstić information content (AvgIpc) is 2.66. The lowest BCUT2D eigenvalue weighted by Crippen LogP contribution is -2.21. The zero-order valence-corrected chi connectivity index (χ0v) is 16.9. The normalized spacial score (nSPS) is 11.0. The van der Waals surface area contributed by atoms with Crippen molar-refractivity contribution in [1.29, 1.82) is 0 Å². The molecule has 3 aromatic carbocycles. The highest BCUT2D eigenvalue weighted by Gasteiger charge is 2.17. The third-order valence-electron chi connectivity index (χ3n) is 3.72. The number of carbonyl (C=O) groups excluding carboxylic acids is 1. The SMILES string of the molecule is O=C(Nc1ccc(Cl)c(Cl)c1)Nc1ccccc1NS(=O)(=O)c1ccc(F)cc1. The Hall–Kier alpha value is -2.81. The summed E-state index contributed by atoms with van der Waals surface area (Å²) in [4.78, 5) is 12.2. The summed E-state index contributed by atoms with van der Waals surface area (Å²) in [7, 11) is -3.98. The molecule has 3 rings (SSSR count). The average molecular weight is 454 g/mol. The molecule has 150 valence electrons. The summed E-state index contributed by atoms with van der Waals surface area (Å²) in [6, 6.07) is 14.6. The van der Waals surface area contributed by atoms with Gasteiger partial charge in [0.1, 0.15) is 5.82 Å². The number of amides is 2. The van der Waals surface area contributed by atoms with Crippen molar-refractivity contribution in [2.24, 2.45) is 0 Å². The van der Waals surface area contributed by atoms with Gasteiger partial charge in [0.25, 0.3) is 10.0 Å². The third kappa shape index (κ3) is 5.38. The molecule has 3 aromatic rings. The van der Waals surface area contributed by atoms with E-state index in [1.807, 2.05) is 0 Å². The lowest BCUT2D eigenvalue weighted by molar-refractivity contribution is 0.262. The molecule has 6 nitrogen and oxygen atoms in total. The van der Waals surface area contributed by atoms with E-state index in [4.69, 9.17) is 23.2 Å².